The van der Waals surface area contributed by atoms with Gasteiger partial charge in [0.25, 0.3) is 5.91 Å². The monoisotopic (exact) mass is 717 g/mol. The molecule has 7 aliphatic rings. The van der Waals surface area contributed by atoms with Crippen molar-refractivity contribution in [2.75, 3.05) is 80.6 Å². The molecule has 1 aliphatic carbocycles. The average molecular weight is 718 g/mol. The predicted molar refractivity (Wildman–Crippen MR) is 200 cm³/mol. The first-order valence-corrected chi connectivity index (χ1v) is 19.5. The quantitative estimate of drug-likeness (QED) is 0.311. The first-order valence-electron chi connectivity index (χ1n) is 19.5. The van der Waals surface area contributed by atoms with Crippen molar-refractivity contribution in [3.63, 3.8) is 0 Å². The van der Waals surface area contributed by atoms with E-state index in [1.807, 2.05) is 24.3 Å². The smallest absolute Gasteiger partial charge is 0.255 e. The Morgan fingerprint density at radius 1 is 0.811 bits per heavy atom. The molecule has 7 heterocycles. The normalized spacial score (nSPS) is 28.6. The number of phenols is 1. The first-order chi connectivity index (χ1) is 25.9. The molecular weight excluding hydrogens is 670 g/mol. The fourth-order valence-corrected chi connectivity index (χ4v) is 10.3. The zero-order valence-corrected chi connectivity index (χ0v) is 30.0. The van der Waals surface area contributed by atoms with Gasteiger partial charge in [0.1, 0.15) is 11.8 Å². The summed E-state index contributed by atoms with van der Waals surface area (Å²) in [5.74, 6) is 3.52. The van der Waals surface area contributed by atoms with Gasteiger partial charge >= 0.3 is 0 Å². The maximum atomic E-state index is 13.1. The molecule has 53 heavy (non-hydrogen) atoms. The van der Waals surface area contributed by atoms with Crippen LogP contribution in [0.5, 0.6) is 5.75 Å². The number of carbonyl (C=O) groups is 3. The van der Waals surface area contributed by atoms with Gasteiger partial charge < -0.3 is 30.0 Å². The van der Waals surface area contributed by atoms with Crippen LogP contribution in [-0.4, -0.2) is 125 Å². The van der Waals surface area contributed by atoms with Crippen molar-refractivity contribution in [3.05, 3.63) is 59.7 Å². The number of piperazine rings is 1. The molecule has 6 aliphatic heterocycles. The third kappa shape index (κ3) is 5.97. The van der Waals surface area contributed by atoms with E-state index in [4.69, 9.17) is 0 Å². The van der Waals surface area contributed by atoms with Crippen LogP contribution in [-0.2, 0) is 16.1 Å². The molecule has 13 nitrogen and oxygen atoms in total. The molecule has 1 unspecified atom stereocenters. The Morgan fingerprint density at radius 3 is 2.45 bits per heavy atom. The number of piperidine rings is 3. The number of carbonyl (C=O) groups excluding carboxylic acids is 3. The minimum atomic E-state index is -0.578. The van der Waals surface area contributed by atoms with E-state index in [1.54, 1.807) is 11.0 Å². The van der Waals surface area contributed by atoms with E-state index in [9.17, 15) is 19.5 Å². The number of likely N-dealkylation sites (tertiary alicyclic amines) is 1. The molecule has 10 rings (SSSR count). The highest BCUT2D eigenvalue weighted by molar-refractivity contribution is 6.05. The molecule has 276 valence electrons. The number of para-hydroxylation sites is 1. The summed E-state index contributed by atoms with van der Waals surface area (Å²) in [6, 6.07) is 15.3. The first kappa shape index (κ1) is 32.9. The average Bonchev–Trinajstić information content (AvgIpc) is 3.44. The highest BCUT2D eigenvalue weighted by Crippen LogP contribution is 2.52. The number of anilines is 3. The summed E-state index contributed by atoms with van der Waals surface area (Å²) in [4.78, 5) is 49.2. The molecule has 0 spiro atoms. The van der Waals surface area contributed by atoms with Crippen LogP contribution in [0.15, 0.2) is 48.5 Å². The lowest BCUT2D eigenvalue weighted by Gasteiger charge is -2.46. The molecule has 5 fully saturated rings. The van der Waals surface area contributed by atoms with Crippen molar-refractivity contribution in [2.24, 2.45) is 23.7 Å². The van der Waals surface area contributed by atoms with Crippen LogP contribution in [0, 0.1) is 23.7 Å². The van der Waals surface area contributed by atoms with Crippen LogP contribution in [0.4, 0.5) is 17.2 Å². The number of aromatic nitrogens is 2. The van der Waals surface area contributed by atoms with Gasteiger partial charge in [-0.05, 0) is 84.9 Å². The van der Waals surface area contributed by atoms with Crippen molar-refractivity contribution in [1.29, 1.82) is 0 Å². The molecule has 3 aromatic rings. The molecule has 1 aromatic heterocycles. The Kier molecular flexibility index (Phi) is 8.05. The van der Waals surface area contributed by atoms with Crippen molar-refractivity contribution in [2.45, 2.75) is 44.3 Å². The SMILES string of the molecule is O=C1CCC(N2Cc3cc(N4CCC(CN5C[C@@H]6[C@H](C5)[C@H]6CN5CCN6c7cc(-c8ccccc8O)nnc7NC[C@H]6C5)CC4)ccc3C2=O)C(=O)N1. The van der Waals surface area contributed by atoms with Gasteiger partial charge in [-0.3, -0.25) is 24.6 Å². The third-order valence-corrected chi connectivity index (χ3v) is 13.3. The number of benzene rings is 2. The highest BCUT2D eigenvalue weighted by atomic mass is 16.3. The number of rotatable bonds is 7. The van der Waals surface area contributed by atoms with E-state index < -0.39 is 6.04 Å². The Morgan fingerprint density at radius 2 is 1.64 bits per heavy atom. The van der Waals surface area contributed by atoms with Gasteiger partial charge in [0, 0.05) is 95.2 Å². The summed E-state index contributed by atoms with van der Waals surface area (Å²) in [6.07, 6.45) is 3.01. The summed E-state index contributed by atoms with van der Waals surface area (Å²) in [7, 11) is 0. The number of fused-ring (bicyclic) bond motifs is 5. The second kappa shape index (κ2) is 13.0. The van der Waals surface area contributed by atoms with Crippen LogP contribution in [0.25, 0.3) is 11.3 Å². The maximum Gasteiger partial charge on any atom is 0.255 e. The number of phenolic OH excluding ortho intramolecular Hbond substituents is 1. The van der Waals surface area contributed by atoms with Crippen molar-refractivity contribution >= 4 is 34.9 Å². The topological polar surface area (TPSA) is 137 Å². The lowest BCUT2D eigenvalue weighted by molar-refractivity contribution is -0.136. The van der Waals surface area contributed by atoms with Crippen LogP contribution < -0.4 is 20.4 Å². The third-order valence-electron chi connectivity index (χ3n) is 13.3. The zero-order valence-electron chi connectivity index (χ0n) is 30.0. The van der Waals surface area contributed by atoms with Gasteiger partial charge in [0.15, 0.2) is 5.82 Å². The molecule has 0 bridgehead atoms. The fraction of sp³-hybridized carbons (Fsp3) is 0.525. The molecule has 2 aromatic carbocycles. The van der Waals surface area contributed by atoms with Crippen LogP contribution in [0.3, 0.4) is 0 Å². The number of hydrogen-bond donors (Lipinski definition) is 3. The van der Waals surface area contributed by atoms with E-state index in [0.29, 0.717) is 41.7 Å². The summed E-state index contributed by atoms with van der Waals surface area (Å²) < 4.78 is 0. The summed E-state index contributed by atoms with van der Waals surface area (Å²) >= 11 is 0. The van der Waals surface area contributed by atoms with Gasteiger partial charge in [-0.1, -0.05) is 12.1 Å². The van der Waals surface area contributed by atoms with Gasteiger partial charge in [0.2, 0.25) is 11.8 Å². The van der Waals surface area contributed by atoms with Crippen molar-refractivity contribution in [1.82, 2.24) is 30.2 Å². The fourth-order valence-electron chi connectivity index (χ4n) is 10.3. The summed E-state index contributed by atoms with van der Waals surface area (Å²) in [6.45, 7) is 11.3. The van der Waals surface area contributed by atoms with Gasteiger partial charge in [0.05, 0.1) is 17.4 Å². The molecule has 3 N–H and O–H groups in total. The highest BCUT2D eigenvalue weighted by Gasteiger charge is 2.56. The number of hydrogen-bond acceptors (Lipinski definition) is 11. The second-order valence-electron chi connectivity index (χ2n) is 16.4. The minimum Gasteiger partial charge on any atom is -0.507 e. The van der Waals surface area contributed by atoms with Gasteiger partial charge in [-0.15, -0.1) is 10.2 Å². The van der Waals surface area contributed by atoms with E-state index in [0.717, 1.165) is 79.8 Å². The van der Waals surface area contributed by atoms with Gasteiger partial charge in [-0.25, -0.2) is 0 Å². The number of amides is 3. The number of nitrogens with one attached hydrogen (secondary N) is 2. The minimum absolute atomic E-state index is 0.113. The zero-order chi connectivity index (χ0) is 35.8. The molecule has 0 radical (unpaired) electrons. The summed E-state index contributed by atoms with van der Waals surface area (Å²) in [5, 5.41) is 25.2. The largest absolute Gasteiger partial charge is 0.507 e. The Hall–Kier alpha value is -4.75. The standard InChI is InChI=1S/C40H47N9O4/c50-36-4-2-1-3-29(36)33-16-35-38(44-43-33)41-17-27-20-45(13-14-48(27)35)21-30-31-22-46(23-32(30)31)18-24-9-11-47(12-10-24)26-5-6-28-25(15-26)19-49(40(28)53)34-7-8-37(51)42-39(34)52/h1-6,15-16,24,27,30-32,34,50H,7-14,17-23H2,(H,41,44)(H,42,51,52)/t27-,30-,31-,32+,34?/m0/s1. The van der Waals surface area contributed by atoms with Crippen molar-refractivity contribution < 1.29 is 19.5 Å². The molecule has 5 atom stereocenters. The van der Waals surface area contributed by atoms with E-state index >= 15 is 0 Å². The van der Waals surface area contributed by atoms with Crippen LogP contribution in [0.1, 0.15) is 41.6 Å². The number of aromatic hydroxyl groups is 1. The summed E-state index contributed by atoms with van der Waals surface area (Å²) in [5.41, 5.74) is 5.30. The Labute approximate surface area is 309 Å². The number of nitrogens with zero attached hydrogens (tertiary/aromatic N) is 7. The Balaban J connectivity index is 0.681. The molecule has 1 saturated carbocycles. The van der Waals surface area contributed by atoms with Crippen LogP contribution >= 0.6 is 0 Å². The maximum absolute atomic E-state index is 13.1. The predicted octanol–water partition coefficient (Wildman–Crippen LogP) is 2.62. The van der Waals surface area contributed by atoms with Crippen LogP contribution in [0.2, 0.25) is 0 Å². The molecule has 13 heteroatoms. The van der Waals surface area contributed by atoms with E-state index in [-0.39, 0.29) is 29.9 Å². The van der Waals surface area contributed by atoms with E-state index in [2.05, 4.69) is 58.6 Å². The Bertz CT molecular complexity index is 1950. The van der Waals surface area contributed by atoms with E-state index in [1.165, 1.54) is 39.0 Å². The molecule has 4 saturated heterocycles. The molecular formula is C40H47N9O4. The van der Waals surface area contributed by atoms with Crippen molar-refractivity contribution in [3.8, 4) is 17.0 Å². The lowest BCUT2D eigenvalue weighted by atomic mass is 9.95. The second-order valence-corrected chi connectivity index (χ2v) is 16.4. The lowest BCUT2D eigenvalue weighted by Crippen LogP contribution is -2.58. The van der Waals surface area contributed by atoms with Gasteiger partial charge in [-0.2, -0.15) is 0 Å². The number of imide groups is 1. The molecule has 3 amide bonds.